The smallest absolute Gasteiger partial charge is 0.217 e. The highest BCUT2D eigenvalue weighted by molar-refractivity contribution is 14.1. The first-order chi connectivity index (χ1) is 10.5. The minimum atomic E-state index is 0.0335. The van der Waals surface area contributed by atoms with E-state index in [1.807, 2.05) is 13.0 Å². The number of aromatic nitrogens is 3. The van der Waals surface area contributed by atoms with Gasteiger partial charge >= 0.3 is 0 Å². The van der Waals surface area contributed by atoms with Crippen LogP contribution in [-0.2, 0) is 4.79 Å². The van der Waals surface area contributed by atoms with Gasteiger partial charge in [0, 0.05) is 32.1 Å². The Labute approximate surface area is 147 Å². The maximum atomic E-state index is 11.2. The van der Waals surface area contributed by atoms with Gasteiger partial charge in [-0.3, -0.25) is 4.79 Å². The first-order valence-corrected chi connectivity index (χ1v) is 8.65. The van der Waals surface area contributed by atoms with Crippen LogP contribution in [0.15, 0.2) is 6.07 Å². The maximum absolute atomic E-state index is 11.2. The molecular formula is C14H17ClIN5O. The highest BCUT2D eigenvalue weighted by Gasteiger charge is 2.23. The van der Waals surface area contributed by atoms with Crippen LogP contribution >= 0.6 is 34.2 Å². The van der Waals surface area contributed by atoms with Gasteiger partial charge in [-0.25, -0.2) is 9.50 Å². The molecule has 6 nitrogen and oxygen atoms in total. The Morgan fingerprint density at radius 2 is 2.14 bits per heavy atom. The van der Waals surface area contributed by atoms with Crippen LogP contribution in [0.2, 0.25) is 5.15 Å². The standard InChI is InChI=1S/C14H17ClIN5O/c1-8-13(16)21-14(17-8)11(7-12(15)19-21)20-5-3-10(4-6-20)18-9(2)22/h7,10H,3-6H2,1-2H3,(H,18,22). The molecule has 8 heteroatoms. The molecule has 0 aromatic carbocycles. The van der Waals surface area contributed by atoms with Crippen LogP contribution in [0.25, 0.3) is 5.65 Å². The number of anilines is 1. The number of nitrogens with one attached hydrogen (secondary N) is 1. The van der Waals surface area contributed by atoms with Crippen molar-refractivity contribution in [2.45, 2.75) is 32.7 Å². The second-order valence-electron chi connectivity index (χ2n) is 5.54. The van der Waals surface area contributed by atoms with E-state index in [1.54, 1.807) is 11.4 Å². The lowest BCUT2D eigenvalue weighted by Crippen LogP contribution is -2.44. The zero-order valence-electron chi connectivity index (χ0n) is 12.4. The third kappa shape index (κ3) is 3.01. The van der Waals surface area contributed by atoms with Crippen molar-refractivity contribution >= 4 is 51.4 Å². The van der Waals surface area contributed by atoms with Gasteiger partial charge in [-0.15, -0.1) is 0 Å². The summed E-state index contributed by atoms with van der Waals surface area (Å²) in [5, 5.41) is 7.78. The van der Waals surface area contributed by atoms with Crippen LogP contribution in [0.4, 0.5) is 5.69 Å². The number of fused-ring (bicyclic) bond motifs is 1. The van der Waals surface area contributed by atoms with E-state index >= 15 is 0 Å². The summed E-state index contributed by atoms with van der Waals surface area (Å²) < 4.78 is 2.78. The molecule has 1 N–H and O–H groups in total. The van der Waals surface area contributed by atoms with E-state index < -0.39 is 0 Å². The summed E-state index contributed by atoms with van der Waals surface area (Å²) in [5.41, 5.74) is 2.79. The predicted octanol–water partition coefficient (Wildman–Crippen LogP) is 2.40. The van der Waals surface area contributed by atoms with Gasteiger partial charge in [-0.1, -0.05) is 11.6 Å². The first kappa shape index (κ1) is 15.8. The second-order valence-corrected chi connectivity index (χ2v) is 6.95. The second kappa shape index (κ2) is 6.19. The van der Waals surface area contributed by atoms with E-state index in [0.717, 1.165) is 46.7 Å². The molecule has 0 atom stereocenters. The molecule has 3 heterocycles. The Hall–Kier alpha value is -1.09. The van der Waals surface area contributed by atoms with Gasteiger partial charge in [-0.05, 0) is 42.4 Å². The molecule has 2 aromatic heterocycles. The Morgan fingerprint density at radius 1 is 1.45 bits per heavy atom. The van der Waals surface area contributed by atoms with Crippen LogP contribution in [0, 0.1) is 10.6 Å². The largest absolute Gasteiger partial charge is 0.368 e. The van der Waals surface area contributed by atoms with E-state index in [1.165, 1.54) is 0 Å². The van der Waals surface area contributed by atoms with Crippen molar-refractivity contribution in [1.29, 1.82) is 0 Å². The first-order valence-electron chi connectivity index (χ1n) is 7.19. The molecule has 1 aliphatic heterocycles. The van der Waals surface area contributed by atoms with Crippen LogP contribution in [0.3, 0.4) is 0 Å². The molecule has 1 amide bonds. The topological polar surface area (TPSA) is 62.5 Å². The van der Waals surface area contributed by atoms with Crippen molar-refractivity contribution < 1.29 is 4.79 Å². The summed E-state index contributed by atoms with van der Waals surface area (Å²) in [4.78, 5) is 18.0. The highest BCUT2D eigenvalue weighted by atomic mass is 127. The molecular weight excluding hydrogens is 417 g/mol. The molecule has 1 saturated heterocycles. The van der Waals surface area contributed by atoms with Crippen LogP contribution in [-0.4, -0.2) is 39.6 Å². The number of piperidine rings is 1. The van der Waals surface area contributed by atoms with E-state index in [0.29, 0.717) is 5.15 Å². The van der Waals surface area contributed by atoms with Crippen LogP contribution in [0.1, 0.15) is 25.5 Å². The van der Waals surface area contributed by atoms with Gasteiger partial charge in [-0.2, -0.15) is 5.10 Å². The fraction of sp³-hybridized carbons (Fsp3) is 0.500. The van der Waals surface area contributed by atoms with Gasteiger partial charge in [0.05, 0.1) is 11.4 Å². The number of carbonyl (C=O) groups excluding carboxylic acids is 1. The predicted molar refractivity (Wildman–Crippen MR) is 94.5 cm³/mol. The fourth-order valence-corrected chi connectivity index (χ4v) is 3.48. The number of imidazole rings is 1. The van der Waals surface area contributed by atoms with Gasteiger partial charge in [0.2, 0.25) is 5.91 Å². The number of carbonyl (C=O) groups is 1. The molecule has 0 spiro atoms. The zero-order valence-corrected chi connectivity index (χ0v) is 15.3. The molecule has 0 saturated carbocycles. The molecule has 2 aromatic rings. The summed E-state index contributed by atoms with van der Waals surface area (Å²) in [6.45, 7) is 5.26. The molecule has 22 heavy (non-hydrogen) atoms. The van der Waals surface area contributed by atoms with E-state index in [4.69, 9.17) is 11.6 Å². The zero-order chi connectivity index (χ0) is 15.9. The maximum Gasteiger partial charge on any atom is 0.217 e. The number of halogens is 2. The molecule has 1 fully saturated rings. The van der Waals surface area contributed by atoms with Crippen LogP contribution in [0.5, 0.6) is 0 Å². The Kier molecular flexibility index (Phi) is 4.44. The summed E-state index contributed by atoms with van der Waals surface area (Å²) in [6, 6.07) is 2.13. The van der Waals surface area contributed by atoms with Gasteiger partial charge in [0.1, 0.15) is 3.70 Å². The van der Waals surface area contributed by atoms with Crippen molar-refractivity contribution in [2.75, 3.05) is 18.0 Å². The lowest BCUT2D eigenvalue weighted by atomic mass is 10.0. The third-order valence-corrected chi connectivity index (χ3v) is 5.30. The third-order valence-electron chi connectivity index (χ3n) is 3.88. The number of amides is 1. The molecule has 118 valence electrons. The van der Waals surface area contributed by atoms with E-state index in [9.17, 15) is 4.79 Å². The van der Waals surface area contributed by atoms with Gasteiger partial charge in [0.25, 0.3) is 0 Å². The summed E-state index contributed by atoms with van der Waals surface area (Å²) in [7, 11) is 0. The Bertz CT molecular complexity index is 724. The molecule has 3 rings (SSSR count). The van der Waals surface area contributed by atoms with Crippen LogP contribution < -0.4 is 10.2 Å². The summed E-state index contributed by atoms with van der Waals surface area (Å²) in [5.74, 6) is 0.0335. The Balaban J connectivity index is 1.88. The van der Waals surface area contributed by atoms with Crippen molar-refractivity contribution in [2.24, 2.45) is 0 Å². The van der Waals surface area contributed by atoms with E-state index in [2.05, 4.69) is 42.9 Å². The number of hydrogen-bond donors (Lipinski definition) is 1. The van der Waals surface area contributed by atoms with Crippen molar-refractivity contribution in [3.05, 3.63) is 20.6 Å². The SMILES string of the molecule is CC(=O)NC1CCN(c2cc(Cl)nn3c(I)c(C)nc23)CC1. The lowest BCUT2D eigenvalue weighted by molar-refractivity contribution is -0.119. The van der Waals surface area contributed by atoms with Crippen molar-refractivity contribution in [3.63, 3.8) is 0 Å². The van der Waals surface area contributed by atoms with Crippen molar-refractivity contribution in [1.82, 2.24) is 19.9 Å². The summed E-state index contributed by atoms with van der Waals surface area (Å²) >= 11 is 8.41. The van der Waals surface area contributed by atoms with Crippen molar-refractivity contribution in [3.8, 4) is 0 Å². The lowest BCUT2D eigenvalue weighted by Gasteiger charge is -2.33. The number of aryl methyl sites for hydroxylation is 1. The molecule has 0 radical (unpaired) electrons. The number of nitrogens with zero attached hydrogens (tertiary/aromatic N) is 4. The number of rotatable bonds is 2. The minimum Gasteiger partial charge on any atom is -0.368 e. The monoisotopic (exact) mass is 433 g/mol. The summed E-state index contributed by atoms with van der Waals surface area (Å²) in [6.07, 6.45) is 1.84. The average molecular weight is 434 g/mol. The molecule has 1 aliphatic rings. The highest BCUT2D eigenvalue weighted by Crippen LogP contribution is 2.28. The molecule has 0 bridgehead atoms. The molecule has 0 aliphatic carbocycles. The quantitative estimate of drug-likeness (QED) is 0.739. The minimum absolute atomic E-state index is 0.0335. The van der Waals surface area contributed by atoms with Gasteiger partial charge < -0.3 is 10.2 Å². The Morgan fingerprint density at radius 3 is 2.77 bits per heavy atom. The normalized spacial score (nSPS) is 16.3. The number of hydrogen-bond acceptors (Lipinski definition) is 4. The fourth-order valence-electron chi connectivity index (χ4n) is 2.84. The molecule has 0 unspecified atom stereocenters. The van der Waals surface area contributed by atoms with Gasteiger partial charge in [0.15, 0.2) is 10.8 Å². The van der Waals surface area contributed by atoms with E-state index in [-0.39, 0.29) is 11.9 Å². The average Bonchev–Trinajstić information content (AvgIpc) is 2.74.